The number of thioether (sulfide) groups is 1. The maximum atomic E-state index is 5.00. The second-order valence-electron chi connectivity index (χ2n) is 6.21. The molecule has 22 heavy (non-hydrogen) atoms. The number of hydrogen-bond acceptors (Lipinski definition) is 2. The molecule has 0 bridgehead atoms. The third-order valence-corrected chi connectivity index (χ3v) is 5.41. The van der Waals surface area contributed by atoms with Gasteiger partial charge in [0.1, 0.15) is 0 Å². The number of fused-ring (bicyclic) bond motifs is 1. The fourth-order valence-corrected chi connectivity index (χ4v) is 4.19. The molecule has 1 aliphatic carbocycles. The van der Waals surface area contributed by atoms with Crippen LogP contribution in [0.2, 0.25) is 0 Å². The van der Waals surface area contributed by atoms with Crippen molar-refractivity contribution < 1.29 is 0 Å². The van der Waals surface area contributed by atoms with Gasteiger partial charge in [-0.15, -0.1) is 0 Å². The number of unbranched alkanes of at least 4 members (excludes halogenated alkanes) is 2. The molecule has 3 heteroatoms. The van der Waals surface area contributed by atoms with E-state index in [0.29, 0.717) is 6.04 Å². The summed E-state index contributed by atoms with van der Waals surface area (Å²) in [7, 11) is 0. The van der Waals surface area contributed by atoms with Crippen molar-refractivity contribution in [3.05, 3.63) is 35.9 Å². The molecule has 0 aromatic heterocycles. The topological polar surface area (TPSA) is 24.4 Å². The molecule has 0 amide bonds. The Labute approximate surface area is 138 Å². The lowest BCUT2D eigenvalue weighted by Crippen LogP contribution is -2.19. The van der Waals surface area contributed by atoms with Crippen molar-refractivity contribution in [2.75, 3.05) is 5.32 Å². The Balaban J connectivity index is 1.81. The molecule has 1 N–H and O–H groups in total. The normalized spacial score (nSPS) is 22.6. The molecule has 2 aliphatic rings. The smallest absolute Gasteiger partial charge is 0.166 e. The van der Waals surface area contributed by atoms with Crippen LogP contribution < -0.4 is 5.32 Å². The summed E-state index contributed by atoms with van der Waals surface area (Å²) in [4.78, 5) is 6.37. The summed E-state index contributed by atoms with van der Waals surface area (Å²) < 4.78 is 0. The number of para-hydroxylation sites is 1. The van der Waals surface area contributed by atoms with Gasteiger partial charge in [-0.25, -0.2) is 0 Å². The monoisotopic (exact) mass is 314 g/mol. The van der Waals surface area contributed by atoms with Crippen LogP contribution in [0.15, 0.2) is 35.3 Å². The lowest BCUT2D eigenvalue weighted by atomic mass is 9.96. The van der Waals surface area contributed by atoms with Crippen LogP contribution in [0.3, 0.4) is 0 Å². The Bertz CT molecular complexity index is 556. The Morgan fingerprint density at radius 1 is 1.23 bits per heavy atom. The summed E-state index contributed by atoms with van der Waals surface area (Å²) in [6, 6.07) is 9.12. The van der Waals surface area contributed by atoms with Crippen LogP contribution in [0.25, 0.3) is 4.91 Å². The number of aliphatic imine (C=N–C) groups is 1. The molecule has 3 rings (SSSR count). The predicted octanol–water partition coefficient (Wildman–Crippen LogP) is 6.07. The third kappa shape index (κ3) is 3.95. The van der Waals surface area contributed by atoms with E-state index in [4.69, 9.17) is 4.99 Å². The van der Waals surface area contributed by atoms with E-state index in [0.717, 1.165) is 11.6 Å². The average Bonchev–Trinajstić information content (AvgIpc) is 2.56. The van der Waals surface area contributed by atoms with Gasteiger partial charge in [0, 0.05) is 16.2 Å². The minimum Gasteiger partial charge on any atom is -0.334 e. The van der Waals surface area contributed by atoms with Gasteiger partial charge in [-0.05, 0) is 25.3 Å². The van der Waals surface area contributed by atoms with Gasteiger partial charge in [-0.2, -0.15) is 0 Å². The van der Waals surface area contributed by atoms with Gasteiger partial charge in [0.25, 0.3) is 0 Å². The maximum Gasteiger partial charge on any atom is 0.166 e. The summed E-state index contributed by atoms with van der Waals surface area (Å²) in [6.07, 6.45) is 12.6. The molecule has 2 nitrogen and oxygen atoms in total. The second kappa shape index (κ2) is 7.87. The van der Waals surface area contributed by atoms with Crippen molar-refractivity contribution in [3.8, 4) is 0 Å². The van der Waals surface area contributed by atoms with Gasteiger partial charge in [0.15, 0.2) is 5.17 Å². The zero-order valence-corrected chi connectivity index (χ0v) is 14.3. The molecule has 1 aromatic carbocycles. The quantitative estimate of drug-likeness (QED) is 0.682. The van der Waals surface area contributed by atoms with Gasteiger partial charge in [-0.1, -0.05) is 75.1 Å². The van der Waals surface area contributed by atoms with Gasteiger partial charge in [-0.3, -0.25) is 4.99 Å². The molecule has 0 radical (unpaired) electrons. The fourth-order valence-electron chi connectivity index (χ4n) is 3.13. The Kier molecular flexibility index (Phi) is 5.60. The highest BCUT2D eigenvalue weighted by Gasteiger charge is 2.20. The highest BCUT2D eigenvalue weighted by molar-refractivity contribution is 8.22. The Morgan fingerprint density at radius 3 is 2.86 bits per heavy atom. The molecule has 1 aliphatic heterocycles. The molecule has 1 saturated carbocycles. The van der Waals surface area contributed by atoms with Crippen LogP contribution in [0.5, 0.6) is 0 Å². The molecule has 0 saturated heterocycles. The molecular formula is C19H26N2S. The van der Waals surface area contributed by atoms with E-state index in [2.05, 4.69) is 42.6 Å². The summed E-state index contributed by atoms with van der Waals surface area (Å²) in [5, 5.41) is 4.63. The van der Waals surface area contributed by atoms with Crippen molar-refractivity contribution in [1.82, 2.24) is 0 Å². The highest BCUT2D eigenvalue weighted by atomic mass is 32.2. The predicted molar refractivity (Wildman–Crippen MR) is 99.5 cm³/mol. The van der Waals surface area contributed by atoms with Crippen molar-refractivity contribution in [2.45, 2.75) is 64.3 Å². The van der Waals surface area contributed by atoms with E-state index in [9.17, 15) is 0 Å². The number of benzene rings is 1. The minimum atomic E-state index is 0.519. The first-order chi connectivity index (χ1) is 10.9. The van der Waals surface area contributed by atoms with E-state index in [1.54, 1.807) is 0 Å². The lowest BCUT2D eigenvalue weighted by Gasteiger charge is -2.24. The molecular weight excluding hydrogens is 288 g/mol. The molecule has 1 fully saturated rings. The van der Waals surface area contributed by atoms with Gasteiger partial charge in [0.05, 0.1) is 6.04 Å². The van der Waals surface area contributed by atoms with Crippen LogP contribution in [-0.2, 0) is 0 Å². The van der Waals surface area contributed by atoms with Crippen LogP contribution in [0, 0.1) is 0 Å². The van der Waals surface area contributed by atoms with E-state index in [1.165, 1.54) is 61.1 Å². The van der Waals surface area contributed by atoms with Gasteiger partial charge >= 0.3 is 0 Å². The van der Waals surface area contributed by atoms with E-state index < -0.39 is 0 Å². The first kappa shape index (κ1) is 15.7. The first-order valence-electron chi connectivity index (χ1n) is 8.69. The largest absolute Gasteiger partial charge is 0.334 e. The lowest BCUT2D eigenvalue weighted by molar-refractivity contribution is 0.444. The number of anilines is 1. The van der Waals surface area contributed by atoms with Crippen molar-refractivity contribution >= 4 is 27.5 Å². The highest BCUT2D eigenvalue weighted by Crippen LogP contribution is 2.39. The number of nitrogens with zero attached hydrogens (tertiary/aromatic N) is 1. The van der Waals surface area contributed by atoms with E-state index in [-0.39, 0.29) is 0 Å². The number of amidine groups is 1. The average molecular weight is 314 g/mol. The summed E-state index contributed by atoms with van der Waals surface area (Å²) in [5.74, 6) is 0. The summed E-state index contributed by atoms with van der Waals surface area (Å²) in [5.41, 5.74) is 2.53. The van der Waals surface area contributed by atoms with E-state index >= 15 is 0 Å². The molecule has 1 aromatic rings. The van der Waals surface area contributed by atoms with E-state index in [1.807, 2.05) is 11.8 Å². The number of rotatable bonds is 4. The van der Waals surface area contributed by atoms with Gasteiger partial charge in [0.2, 0.25) is 0 Å². The second-order valence-corrected chi connectivity index (χ2v) is 7.24. The summed E-state index contributed by atoms with van der Waals surface area (Å²) >= 11 is 1.82. The van der Waals surface area contributed by atoms with Crippen molar-refractivity contribution in [1.29, 1.82) is 0 Å². The third-order valence-electron chi connectivity index (χ3n) is 4.40. The fraction of sp³-hybridized carbons (Fsp3) is 0.526. The van der Waals surface area contributed by atoms with Crippen LogP contribution in [-0.4, -0.2) is 11.2 Å². The number of nitrogens with one attached hydrogen (secondary N) is 1. The molecule has 0 unspecified atom stereocenters. The van der Waals surface area contributed by atoms with Crippen molar-refractivity contribution in [3.63, 3.8) is 0 Å². The van der Waals surface area contributed by atoms with Crippen LogP contribution in [0.4, 0.5) is 5.69 Å². The molecule has 0 spiro atoms. The maximum absolute atomic E-state index is 5.00. The molecule has 118 valence electrons. The van der Waals surface area contributed by atoms with Crippen LogP contribution in [0.1, 0.15) is 63.9 Å². The molecule has 0 atom stereocenters. The van der Waals surface area contributed by atoms with Gasteiger partial charge < -0.3 is 5.32 Å². The zero-order valence-electron chi connectivity index (χ0n) is 13.5. The number of allylic oxidation sites excluding steroid dienone is 1. The van der Waals surface area contributed by atoms with Crippen molar-refractivity contribution in [2.24, 2.45) is 4.99 Å². The first-order valence-corrected chi connectivity index (χ1v) is 9.50. The summed E-state index contributed by atoms with van der Waals surface area (Å²) in [6.45, 7) is 2.25. The SMILES string of the molecule is CCCC/C=C1\SC(=NC2CCCCC2)Nc2ccccc21. The molecule has 1 heterocycles. The standard InChI is InChI=1S/C19H26N2S/c1-2-3-5-14-18-16-12-8-9-13-17(16)21-19(22-18)20-15-10-6-4-7-11-15/h8-9,12-15H,2-7,10-11H2,1H3,(H,20,21)/b18-14-. The zero-order chi connectivity index (χ0) is 15.2. The Hall–Kier alpha value is -1.22. The Morgan fingerprint density at radius 2 is 2.05 bits per heavy atom. The number of hydrogen-bond donors (Lipinski definition) is 1. The van der Waals surface area contributed by atoms with Crippen LogP contribution >= 0.6 is 11.8 Å². The minimum absolute atomic E-state index is 0.519.